The maximum Gasteiger partial charge on any atom is 0.242 e. The third-order valence-electron chi connectivity index (χ3n) is 5.90. The summed E-state index contributed by atoms with van der Waals surface area (Å²) in [4.78, 5) is 34.8. The summed E-state index contributed by atoms with van der Waals surface area (Å²) in [6, 6.07) is 8.40. The van der Waals surface area contributed by atoms with Crippen LogP contribution in [-0.4, -0.2) is 78.8 Å². The Bertz CT molecular complexity index is 784. The molecular weight excluding hydrogens is 531 g/mol. The van der Waals surface area contributed by atoms with E-state index in [4.69, 9.17) is 10.7 Å². The molecule has 0 saturated carbocycles. The number of aliphatic imine (C=N–C) groups is 1. The van der Waals surface area contributed by atoms with Gasteiger partial charge in [0.1, 0.15) is 0 Å². The number of rotatable bonds is 10. The number of nitrogens with two attached hydrogens (primary N) is 1. The maximum absolute atomic E-state index is 12.5. The predicted molar refractivity (Wildman–Crippen MR) is 144 cm³/mol. The zero-order chi connectivity index (χ0) is 23.5. The SMILES string of the molecule is CCNC(=NCc1cccc(CN2CCCC(C(N)=O)C2)c1)N(C)CC(=O)N(CC)CC.I. The van der Waals surface area contributed by atoms with Crippen molar-refractivity contribution in [1.29, 1.82) is 0 Å². The largest absolute Gasteiger partial charge is 0.369 e. The van der Waals surface area contributed by atoms with Crippen LogP contribution in [0.4, 0.5) is 0 Å². The first kappa shape index (κ1) is 29.2. The van der Waals surface area contributed by atoms with Crippen LogP contribution in [0, 0.1) is 5.92 Å². The van der Waals surface area contributed by atoms with Gasteiger partial charge < -0.3 is 20.9 Å². The number of piperidine rings is 1. The van der Waals surface area contributed by atoms with Gasteiger partial charge in [0.25, 0.3) is 0 Å². The molecule has 1 heterocycles. The summed E-state index contributed by atoms with van der Waals surface area (Å²) in [6.45, 7) is 11.5. The van der Waals surface area contributed by atoms with Crippen LogP contribution in [0.1, 0.15) is 44.7 Å². The topological polar surface area (TPSA) is 94.3 Å². The summed E-state index contributed by atoms with van der Waals surface area (Å²) in [5, 5.41) is 3.28. The normalized spacial score (nSPS) is 16.6. The van der Waals surface area contributed by atoms with Crippen LogP contribution in [0.5, 0.6) is 0 Å². The number of benzene rings is 1. The van der Waals surface area contributed by atoms with Crippen LogP contribution in [0.2, 0.25) is 0 Å². The number of likely N-dealkylation sites (N-methyl/N-ethyl adjacent to an activating group) is 2. The zero-order valence-electron chi connectivity index (χ0n) is 20.5. The van der Waals surface area contributed by atoms with Crippen molar-refractivity contribution in [1.82, 2.24) is 20.0 Å². The van der Waals surface area contributed by atoms with Gasteiger partial charge in [-0.1, -0.05) is 24.3 Å². The minimum Gasteiger partial charge on any atom is -0.369 e. The average molecular weight is 573 g/mol. The lowest BCUT2D eigenvalue weighted by atomic mass is 9.97. The van der Waals surface area contributed by atoms with Crippen molar-refractivity contribution in [3.8, 4) is 0 Å². The zero-order valence-corrected chi connectivity index (χ0v) is 22.9. The van der Waals surface area contributed by atoms with Crippen molar-refractivity contribution in [2.45, 2.75) is 46.7 Å². The summed E-state index contributed by atoms with van der Waals surface area (Å²) in [5.41, 5.74) is 7.83. The Labute approximate surface area is 216 Å². The quantitative estimate of drug-likeness (QED) is 0.255. The van der Waals surface area contributed by atoms with Crippen LogP contribution < -0.4 is 11.1 Å². The van der Waals surface area contributed by atoms with Crippen molar-refractivity contribution in [2.24, 2.45) is 16.6 Å². The Morgan fingerprint density at radius 1 is 1.21 bits per heavy atom. The van der Waals surface area contributed by atoms with E-state index in [0.717, 1.165) is 50.5 Å². The second kappa shape index (κ2) is 15.1. The first-order valence-corrected chi connectivity index (χ1v) is 11.7. The maximum atomic E-state index is 12.5. The second-order valence-corrected chi connectivity index (χ2v) is 8.39. The molecule has 1 saturated heterocycles. The Morgan fingerprint density at radius 3 is 2.55 bits per heavy atom. The molecular formula is C24H41IN6O2. The van der Waals surface area contributed by atoms with Crippen LogP contribution >= 0.6 is 24.0 Å². The highest BCUT2D eigenvalue weighted by Gasteiger charge is 2.23. The number of carbonyl (C=O) groups excluding carboxylic acids is 2. The van der Waals surface area contributed by atoms with Gasteiger partial charge >= 0.3 is 0 Å². The van der Waals surface area contributed by atoms with Crippen molar-refractivity contribution in [3.63, 3.8) is 0 Å². The smallest absolute Gasteiger partial charge is 0.242 e. The minimum absolute atomic E-state index is 0. The molecule has 1 aliphatic heterocycles. The molecule has 186 valence electrons. The number of nitrogens with one attached hydrogen (secondary N) is 1. The van der Waals surface area contributed by atoms with E-state index in [2.05, 4.69) is 34.5 Å². The number of likely N-dealkylation sites (tertiary alicyclic amines) is 1. The molecule has 1 aromatic carbocycles. The van der Waals surface area contributed by atoms with Gasteiger partial charge in [0, 0.05) is 39.8 Å². The number of primary amides is 1. The molecule has 1 unspecified atom stereocenters. The van der Waals surface area contributed by atoms with Crippen molar-refractivity contribution >= 4 is 41.8 Å². The van der Waals surface area contributed by atoms with Gasteiger partial charge in [-0.3, -0.25) is 14.5 Å². The van der Waals surface area contributed by atoms with Crippen LogP contribution in [0.3, 0.4) is 0 Å². The van der Waals surface area contributed by atoms with Gasteiger partial charge in [-0.2, -0.15) is 0 Å². The van der Waals surface area contributed by atoms with E-state index < -0.39 is 0 Å². The van der Waals surface area contributed by atoms with E-state index in [1.165, 1.54) is 5.56 Å². The standard InChI is InChI=1S/C24H40N6O2.HI/c1-5-26-24(28(4)18-22(31)30(6-2)7-3)27-15-19-10-8-11-20(14-19)16-29-13-9-12-21(17-29)23(25)32;/h8,10-11,14,21H,5-7,9,12-13,15-18H2,1-4H3,(H2,25,32)(H,26,27);1H. The number of halogens is 1. The number of guanidine groups is 1. The average Bonchev–Trinajstić information content (AvgIpc) is 2.77. The lowest BCUT2D eigenvalue weighted by molar-refractivity contribution is -0.131. The Kier molecular flexibility index (Phi) is 13.3. The fourth-order valence-electron chi connectivity index (χ4n) is 4.11. The fraction of sp³-hybridized carbons (Fsp3) is 0.625. The fourth-order valence-corrected chi connectivity index (χ4v) is 4.11. The summed E-state index contributed by atoms with van der Waals surface area (Å²) in [5.74, 6) is 0.575. The molecule has 1 fully saturated rings. The van der Waals surface area contributed by atoms with Crippen molar-refractivity contribution in [3.05, 3.63) is 35.4 Å². The van der Waals surface area contributed by atoms with Gasteiger partial charge in [0.05, 0.1) is 19.0 Å². The van der Waals surface area contributed by atoms with Gasteiger partial charge in [-0.25, -0.2) is 4.99 Å². The number of amides is 2. The first-order chi connectivity index (χ1) is 15.4. The lowest BCUT2D eigenvalue weighted by Crippen LogP contribution is -2.45. The summed E-state index contributed by atoms with van der Waals surface area (Å²) in [7, 11) is 1.89. The summed E-state index contributed by atoms with van der Waals surface area (Å²) < 4.78 is 0. The molecule has 1 atom stereocenters. The Balaban J connectivity index is 0.00000544. The lowest BCUT2D eigenvalue weighted by Gasteiger charge is -2.31. The Morgan fingerprint density at radius 2 is 1.91 bits per heavy atom. The monoisotopic (exact) mass is 572 g/mol. The third kappa shape index (κ3) is 9.48. The van der Waals surface area contributed by atoms with Gasteiger partial charge in [0.2, 0.25) is 11.8 Å². The molecule has 0 aromatic heterocycles. The van der Waals surface area contributed by atoms with Gasteiger partial charge in [-0.15, -0.1) is 24.0 Å². The molecule has 1 aliphatic rings. The summed E-state index contributed by atoms with van der Waals surface area (Å²) in [6.07, 6.45) is 1.89. The highest BCUT2D eigenvalue weighted by molar-refractivity contribution is 14.0. The summed E-state index contributed by atoms with van der Waals surface area (Å²) >= 11 is 0. The van der Waals surface area contributed by atoms with Gasteiger partial charge in [-0.05, 0) is 51.3 Å². The first-order valence-electron chi connectivity index (χ1n) is 11.7. The van der Waals surface area contributed by atoms with E-state index in [1.54, 1.807) is 0 Å². The van der Waals surface area contributed by atoms with E-state index in [1.807, 2.05) is 37.6 Å². The van der Waals surface area contributed by atoms with E-state index >= 15 is 0 Å². The van der Waals surface area contributed by atoms with E-state index in [-0.39, 0.29) is 41.7 Å². The number of nitrogens with zero attached hydrogens (tertiary/aromatic N) is 4. The van der Waals surface area contributed by atoms with Crippen molar-refractivity contribution < 1.29 is 9.59 Å². The number of hydrogen-bond donors (Lipinski definition) is 2. The minimum atomic E-state index is -0.197. The van der Waals surface area contributed by atoms with Crippen LogP contribution in [-0.2, 0) is 22.7 Å². The highest BCUT2D eigenvalue weighted by Crippen LogP contribution is 2.19. The van der Waals surface area contributed by atoms with E-state index in [9.17, 15) is 9.59 Å². The Hall–Kier alpha value is -1.88. The van der Waals surface area contributed by atoms with Crippen LogP contribution in [0.15, 0.2) is 29.3 Å². The second-order valence-electron chi connectivity index (χ2n) is 8.39. The predicted octanol–water partition coefficient (Wildman–Crippen LogP) is 2.27. The molecule has 2 rings (SSSR count). The van der Waals surface area contributed by atoms with Crippen molar-refractivity contribution in [2.75, 3.05) is 46.3 Å². The molecule has 9 heteroatoms. The molecule has 8 nitrogen and oxygen atoms in total. The molecule has 33 heavy (non-hydrogen) atoms. The molecule has 0 spiro atoms. The van der Waals surface area contributed by atoms with Crippen LogP contribution in [0.25, 0.3) is 0 Å². The molecule has 2 amide bonds. The van der Waals surface area contributed by atoms with Gasteiger partial charge in [0.15, 0.2) is 5.96 Å². The highest BCUT2D eigenvalue weighted by atomic mass is 127. The number of carbonyl (C=O) groups is 2. The molecule has 0 aliphatic carbocycles. The molecule has 1 aromatic rings. The molecule has 0 radical (unpaired) electrons. The number of hydrogen-bond acceptors (Lipinski definition) is 4. The third-order valence-corrected chi connectivity index (χ3v) is 5.90. The van der Waals surface area contributed by atoms with E-state index in [0.29, 0.717) is 26.2 Å². The molecule has 3 N–H and O–H groups in total. The molecule has 0 bridgehead atoms.